The molecule has 1 atom stereocenters. The Hall–Kier alpha value is -3.26. The van der Waals surface area contributed by atoms with E-state index >= 15 is 0 Å². The molecule has 1 saturated heterocycles. The zero-order chi connectivity index (χ0) is 20.5. The van der Waals surface area contributed by atoms with Crippen LogP contribution in [0.2, 0.25) is 0 Å². The van der Waals surface area contributed by atoms with Crippen molar-refractivity contribution in [3.05, 3.63) is 64.0 Å². The number of carbonyl (C=O) groups excluding carboxylic acids is 1. The summed E-state index contributed by atoms with van der Waals surface area (Å²) in [6, 6.07) is 5.14. The highest BCUT2D eigenvalue weighted by Gasteiger charge is 2.22. The van der Waals surface area contributed by atoms with Crippen LogP contribution in [0.15, 0.2) is 41.8 Å². The van der Waals surface area contributed by atoms with E-state index < -0.39 is 5.91 Å². The van der Waals surface area contributed by atoms with Crippen molar-refractivity contribution >= 4 is 22.6 Å². The fourth-order valence-electron chi connectivity index (χ4n) is 3.70. The number of ether oxygens (including phenoxy) is 1. The molecule has 0 aliphatic carbocycles. The van der Waals surface area contributed by atoms with E-state index in [9.17, 15) is 9.59 Å². The van der Waals surface area contributed by atoms with Crippen LogP contribution in [-0.2, 0) is 11.3 Å². The van der Waals surface area contributed by atoms with Crippen molar-refractivity contribution in [3.63, 3.8) is 0 Å². The summed E-state index contributed by atoms with van der Waals surface area (Å²) >= 11 is 0. The maximum atomic E-state index is 13.2. The van der Waals surface area contributed by atoms with E-state index in [1.165, 1.54) is 10.5 Å². The van der Waals surface area contributed by atoms with Gasteiger partial charge in [0.25, 0.3) is 11.5 Å². The van der Waals surface area contributed by atoms with Gasteiger partial charge < -0.3 is 14.6 Å². The van der Waals surface area contributed by atoms with Crippen LogP contribution < -0.4 is 16.4 Å². The molecule has 1 fully saturated rings. The lowest BCUT2D eigenvalue weighted by molar-refractivity contribution is 0.0935. The molecule has 0 radical (unpaired) electrons. The largest absolute Gasteiger partial charge is 0.376 e. The number of aromatic nitrogens is 3. The summed E-state index contributed by atoms with van der Waals surface area (Å²) in [7, 11) is 0. The van der Waals surface area contributed by atoms with Crippen LogP contribution in [0.4, 0.5) is 0 Å². The molecule has 3 aromatic rings. The molecular weight excluding hydrogens is 370 g/mol. The molecule has 150 valence electrons. The number of hydrogen-bond donors (Lipinski definition) is 2. The van der Waals surface area contributed by atoms with Crippen molar-refractivity contribution < 1.29 is 9.53 Å². The van der Waals surface area contributed by atoms with Crippen molar-refractivity contribution in [2.24, 2.45) is 0 Å². The van der Waals surface area contributed by atoms with Crippen LogP contribution in [0.3, 0.4) is 0 Å². The fourth-order valence-corrected chi connectivity index (χ4v) is 3.70. The summed E-state index contributed by atoms with van der Waals surface area (Å²) in [4.78, 5) is 30.5. The van der Waals surface area contributed by atoms with Crippen LogP contribution >= 0.6 is 0 Å². The van der Waals surface area contributed by atoms with E-state index in [0.717, 1.165) is 18.4 Å². The number of nitrogens with zero attached hydrogens (tertiary/aromatic N) is 3. The molecule has 8 nitrogen and oxygen atoms in total. The molecule has 0 unspecified atom stereocenters. The third-order valence-corrected chi connectivity index (χ3v) is 5.20. The van der Waals surface area contributed by atoms with Crippen LogP contribution in [0.1, 0.15) is 28.8 Å². The maximum Gasteiger partial charge on any atom is 0.267 e. The molecule has 1 aliphatic heterocycles. The second kappa shape index (κ2) is 7.63. The van der Waals surface area contributed by atoms with Crippen LogP contribution in [-0.4, -0.2) is 39.1 Å². The Bertz CT molecular complexity index is 1240. The molecule has 29 heavy (non-hydrogen) atoms. The first kappa shape index (κ1) is 19.1. The first-order valence-corrected chi connectivity index (χ1v) is 9.62. The number of amides is 1. The summed E-state index contributed by atoms with van der Waals surface area (Å²) in [5, 5.41) is 11.6. The monoisotopic (exact) mass is 393 g/mol. The Morgan fingerprint density at radius 1 is 1.48 bits per heavy atom. The molecular formula is C21H23N5O3. The van der Waals surface area contributed by atoms with Gasteiger partial charge >= 0.3 is 0 Å². The summed E-state index contributed by atoms with van der Waals surface area (Å²) < 4.78 is 8.84. The zero-order valence-corrected chi connectivity index (χ0v) is 16.3. The number of carbonyl (C=O) groups is 1. The second-order valence-electron chi connectivity index (χ2n) is 7.19. The van der Waals surface area contributed by atoms with Gasteiger partial charge in [-0.25, -0.2) is 4.98 Å². The van der Waals surface area contributed by atoms with Crippen LogP contribution in [0.25, 0.3) is 16.7 Å². The first-order valence-electron chi connectivity index (χ1n) is 9.62. The lowest BCUT2D eigenvalue weighted by Crippen LogP contribution is -2.36. The van der Waals surface area contributed by atoms with Gasteiger partial charge in [0, 0.05) is 19.3 Å². The third kappa shape index (κ3) is 3.36. The van der Waals surface area contributed by atoms with E-state index in [-0.39, 0.29) is 29.3 Å². The van der Waals surface area contributed by atoms with Crippen molar-refractivity contribution in [2.75, 3.05) is 13.2 Å². The third-order valence-electron chi connectivity index (χ3n) is 5.20. The summed E-state index contributed by atoms with van der Waals surface area (Å²) in [6.07, 6.45) is 4.97. The molecule has 1 aliphatic rings. The minimum absolute atomic E-state index is 0.0133. The van der Waals surface area contributed by atoms with Gasteiger partial charge in [0.15, 0.2) is 0 Å². The van der Waals surface area contributed by atoms with Crippen LogP contribution in [0.5, 0.6) is 0 Å². The molecule has 0 aromatic carbocycles. The average Bonchev–Trinajstić information content (AvgIpc) is 3.22. The lowest BCUT2D eigenvalue weighted by Gasteiger charge is -2.17. The molecule has 2 N–H and O–H groups in total. The topological polar surface area (TPSA) is 101 Å². The highest BCUT2D eigenvalue weighted by Crippen LogP contribution is 2.17. The van der Waals surface area contributed by atoms with Gasteiger partial charge in [-0.15, -0.1) is 6.58 Å². The van der Waals surface area contributed by atoms with Gasteiger partial charge in [0.2, 0.25) is 0 Å². The molecule has 4 rings (SSSR count). The molecule has 1 amide bonds. The van der Waals surface area contributed by atoms with Crippen molar-refractivity contribution in [1.82, 2.24) is 19.3 Å². The first-order chi connectivity index (χ1) is 14.0. The Balaban J connectivity index is 2.02. The quantitative estimate of drug-likeness (QED) is 0.507. The highest BCUT2D eigenvalue weighted by molar-refractivity contribution is 5.96. The van der Waals surface area contributed by atoms with Gasteiger partial charge in [0.1, 0.15) is 16.8 Å². The molecule has 0 saturated carbocycles. The van der Waals surface area contributed by atoms with E-state index in [0.29, 0.717) is 29.8 Å². The number of nitrogens with one attached hydrogen (secondary N) is 2. The van der Waals surface area contributed by atoms with E-state index in [1.807, 2.05) is 13.0 Å². The molecule has 4 heterocycles. The fraction of sp³-hybridized carbons (Fsp3) is 0.333. The van der Waals surface area contributed by atoms with Crippen molar-refractivity contribution in [1.29, 1.82) is 5.41 Å². The standard InChI is InChI=1S/C21H23N5O3/c1-3-8-23-20(27)15-11-16-19(26(17(15)22)12-14-7-5-10-29-14)24-18-13(2)6-4-9-25(18)21(16)28/h3-4,6,9,11,14,22H,1,5,7-8,10,12H2,2H3,(H,23,27)/t14-/m0/s1. The minimum Gasteiger partial charge on any atom is -0.376 e. The number of hydrogen-bond acceptors (Lipinski definition) is 5. The van der Waals surface area contributed by atoms with Gasteiger partial charge in [-0.05, 0) is 37.5 Å². The Morgan fingerprint density at radius 3 is 3.03 bits per heavy atom. The summed E-state index contributed by atoms with van der Waals surface area (Å²) in [5.74, 6) is -0.424. The maximum absolute atomic E-state index is 13.2. The predicted octanol–water partition coefficient (Wildman–Crippen LogP) is 1.53. The van der Waals surface area contributed by atoms with Gasteiger partial charge in [0.05, 0.1) is 23.6 Å². The molecule has 0 spiro atoms. The number of fused-ring (bicyclic) bond motifs is 2. The van der Waals surface area contributed by atoms with E-state index in [4.69, 9.17) is 15.1 Å². The van der Waals surface area contributed by atoms with Crippen LogP contribution in [0, 0.1) is 12.3 Å². The summed E-state index contributed by atoms with van der Waals surface area (Å²) in [5.41, 5.74) is 1.66. The van der Waals surface area contributed by atoms with E-state index in [1.54, 1.807) is 22.9 Å². The Morgan fingerprint density at radius 2 is 2.31 bits per heavy atom. The smallest absolute Gasteiger partial charge is 0.267 e. The number of rotatable bonds is 5. The van der Waals surface area contributed by atoms with Gasteiger partial charge in [-0.3, -0.25) is 19.4 Å². The lowest BCUT2D eigenvalue weighted by atomic mass is 10.1. The normalized spacial score (nSPS) is 16.4. The van der Waals surface area contributed by atoms with Crippen molar-refractivity contribution in [2.45, 2.75) is 32.4 Å². The second-order valence-corrected chi connectivity index (χ2v) is 7.19. The number of pyridine rings is 2. The zero-order valence-electron chi connectivity index (χ0n) is 16.3. The minimum atomic E-state index is -0.424. The highest BCUT2D eigenvalue weighted by atomic mass is 16.5. The van der Waals surface area contributed by atoms with Crippen molar-refractivity contribution in [3.8, 4) is 0 Å². The number of aryl methyl sites for hydroxylation is 1. The van der Waals surface area contributed by atoms with Gasteiger partial charge in [-0.2, -0.15) is 0 Å². The molecule has 8 heteroatoms. The predicted molar refractivity (Wildman–Crippen MR) is 109 cm³/mol. The summed E-state index contributed by atoms with van der Waals surface area (Å²) in [6.45, 7) is 6.80. The SMILES string of the molecule is C=CCNC(=O)c1cc2c(=O)n3cccc(C)c3nc2n(C[C@@H]2CCCO2)c1=N. The van der Waals surface area contributed by atoms with Gasteiger partial charge in [-0.1, -0.05) is 12.1 Å². The Kier molecular flexibility index (Phi) is 5.02. The molecule has 0 bridgehead atoms. The average molecular weight is 393 g/mol. The van der Waals surface area contributed by atoms with E-state index in [2.05, 4.69) is 11.9 Å². The molecule has 3 aromatic heterocycles. The Labute approximate surface area is 167 Å².